The van der Waals surface area contributed by atoms with Crippen molar-refractivity contribution in [2.24, 2.45) is 4.99 Å². The van der Waals surface area contributed by atoms with Gasteiger partial charge in [-0.05, 0) is 56.9 Å². The number of carbonyl (C=O) groups excluding carboxylic acids is 1. The minimum absolute atomic E-state index is 0.212. The number of allylic oxidation sites excluding steroid dienone is 1. The Labute approximate surface area is 219 Å². The molecule has 0 aliphatic carbocycles. The van der Waals surface area contributed by atoms with Crippen LogP contribution in [0.5, 0.6) is 0 Å². The molecule has 5 rings (SSSR count). The highest BCUT2D eigenvalue weighted by Gasteiger charge is 2.33. The van der Waals surface area contributed by atoms with Gasteiger partial charge in [0.05, 0.1) is 28.5 Å². The summed E-state index contributed by atoms with van der Waals surface area (Å²) in [7, 11) is 3.94. The summed E-state index contributed by atoms with van der Waals surface area (Å²) in [6.45, 7) is 5.77. The summed E-state index contributed by atoms with van der Waals surface area (Å²) < 4.78 is 13.6. The lowest BCUT2D eigenvalue weighted by atomic mass is 9.95. The van der Waals surface area contributed by atoms with E-state index in [9.17, 15) is 9.59 Å². The molecular weight excluding hydrogens is 488 g/mol. The summed E-state index contributed by atoms with van der Waals surface area (Å²) in [5.74, 6) is 0.994. The molecule has 1 saturated heterocycles. The molecule has 0 saturated carbocycles. The van der Waals surface area contributed by atoms with E-state index in [0.717, 1.165) is 43.1 Å². The van der Waals surface area contributed by atoms with Gasteiger partial charge in [0.25, 0.3) is 5.56 Å². The van der Waals surface area contributed by atoms with Crippen molar-refractivity contribution in [2.75, 3.05) is 43.6 Å². The van der Waals surface area contributed by atoms with E-state index in [1.807, 2.05) is 55.4 Å². The third kappa shape index (κ3) is 4.87. The van der Waals surface area contributed by atoms with Crippen molar-refractivity contribution in [2.45, 2.75) is 39.2 Å². The molecule has 1 aromatic carbocycles. The van der Waals surface area contributed by atoms with Gasteiger partial charge in [-0.2, -0.15) is 0 Å². The number of anilines is 2. The predicted molar refractivity (Wildman–Crippen MR) is 146 cm³/mol. The molecule has 0 N–H and O–H groups in total. The third-order valence-corrected chi connectivity index (χ3v) is 7.78. The minimum Gasteiger partial charge on any atom is -0.463 e. The molecule has 0 bridgehead atoms. The highest BCUT2D eigenvalue weighted by Crippen LogP contribution is 2.31. The van der Waals surface area contributed by atoms with Crippen LogP contribution in [-0.4, -0.2) is 44.3 Å². The van der Waals surface area contributed by atoms with Crippen LogP contribution in [0.3, 0.4) is 0 Å². The summed E-state index contributed by atoms with van der Waals surface area (Å²) in [4.78, 5) is 36.3. The monoisotopic (exact) mass is 520 g/mol. The Bertz CT molecular complexity index is 1500. The highest BCUT2D eigenvalue weighted by atomic mass is 32.1. The molecule has 2 aromatic heterocycles. The van der Waals surface area contributed by atoms with Gasteiger partial charge < -0.3 is 19.0 Å². The van der Waals surface area contributed by atoms with Crippen molar-refractivity contribution < 1.29 is 13.9 Å². The smallest absolute Gasteiger partial charge is 0.338 e. The molecule has 4 heterocycles. The molecule has 3 aromatic rings. The molecule has 37 heavy (non-hydrogen) atoms. The van der Waals surface area contributed by atoms with Crippen LogP contribution < -0.4 is 24.7 Å². The summed E-state index contributed by atoms with van der Waals surface area (Å²) >= 11 is 1.30. The zero-order valence-corrected chi connectivity index (χ0v) is 22.5. The Balaban J connectivity index is 1.60. The van der Waals surface area contributed by atoms with Crippen molar-refractivity contribution in [3.8, 4) is 0 Å². The molecule has 0 radical (unpaired) electrons. The van der Waals surface area contributed by atoms with Gasteiger partial charge in [0.2, 0.25) is 0 Å². The van der Waals surface area contributed by atoms with Gasteiger partial charge in [-0.25, -0.2) is 9.79 Å². The molecule has 1 atom stereocenters. The number of nitrogens with zero attached hydrogens (tertiary/aromatic N) is 4. The third-order valence-electron chi connectivity index (χ3n) is 6.80. The standard InChI is InChI=1S/C28H32N4O4S/c1-5-35-27(34)24-18(2)29-28-32(25(24)19-9-11-20(12-10-19)30(3)4)26(33)22(37-28)17-21-13-14-23(36-21)31-15-7-6-8-16-31/h9-14,17,25H,5-8,15-16H2,1-4H3/b22-17-/t25-/m0/s1. The Morgan fingerprint density at radius 3 is 2.57 bits per heavy atom. The summed E-state index contributed by atoms with van der Waals surface area (Å²) in [5.41, 5.74) is 2.57. The van der Waals surface area contributed by atoms with Gasteiger partial charge in [0, 0.05) is 45.0 Å². The average Bonchev–Trinajstić information content (AvgIpc) is 3.48. The largest absolute Gasteiger partial charge is 0.463 e. The number of thiazole rings is 1. The number of esters is 1. The van der Waals surface area contributed by atoms with Crippen LogP contribution in [0.25, 0.3) is 6.08 Å². The summed E-state index contributed by atoms with van der Waals surface area (Å²) in [6, 6.07) is 11.1. The fourth-order valence-corrected chi connectivity index (χ4v) is 5.92. The molecule has 2 aliphatic heterocycles. The van der Waals surface area contributed by atoms with Gasteiger partial charge in [-0.3, -0.25) is 9.36 Å². The number of aromatic nitrogens is 1. The topological polar surface area (TPSA) is 80.3 Å². The number of furan rings is 1. The maximum absolute atomic E-state index is 13.8. The van der Waals surface area contributed by atoms with Gasteiger partial charge in [-0.1, -0.05) is 23.5 Å². The average molecular weight is 521 g/mol. The van der Waals surface area contributed by atoms with Crippen LogP contribution in [0.2, 0.25) is 0 Å². The van der Waals surface area contributed by atoms with E-state index in [-0.39, 0.29) is 12.2 Å². The van der Waals surface area contributed by atoms with Crippen molar-refractivity contribution >= 4 is 35.0 Å². The highest BCUT2D eigenvalue weighted by molar-refractivity contribution is 7.07. The second-order valence-corrected chi connectivity index (χ2v) is 10.5. The van der Waals surface area contributed by atoms with E-state index in [2.05, 4.69) is 9.89 Å². The number of rotatable bonds is 6. The first-order valence-electron chi connectivity index (χ1n) is 12.7. The number of piperidine rings is 1. The van der Waals surface area contributed by atoms with Crippen molar-refractivity contribution in [1.82, 2.24) is 4.57 Å². The van der Waals surface area contributed by atoms with Gasteiger partial charge in [0.1, 0.15) is 5.76 Å². The van der Waals surface area contributed by atoms with E-state index in [1.165, 1.54) is 17.8 Å². The first-order chi connectivity index (χ1) is 17.9. The lowest BCUT2D eigenvalue weighted by molar-refractivity contribution is -0.139. The van der Waals surface area contributed by atoms with Crippen LogP contribution in [0.4, 0.5) is 11.6 Å². The Hall–Kier alpha value is -3.59. The molecule has 194 valence electrons. The lowest BCUT2D eigenvalue weighted by Gasteiger charge is -2.25. The first-order valence-corrected chi connectivity index (χ1v) is 13.5. The van der Waals surface area contributed by atoms with Crippen molar-refractivity contribution in [1.29, 1.82) is 0 Å². The van der Waals surface area contributed by atoms with E-state index < -0.39 is 12.0 Å². The number of carbonyl (C=O) groups is 1. The van der Waals surface area contributed by atoms with E-state index in [0.29, 0.717) is 26.4 Å². The fraction of sp³-hybridized carbons (Fsp3) is 0.393. The Kier molecular flexibility index (Phi) is 7.06. The van der Waals surface area contributed by atoms with Crippen LogP contribution >= 0.6 is 11.3 Å². The first kappa shape index (κ1) is 25.1. The van der Waals surface area contributed by atoms with Gasteiger partial charge >= 0.3 is 5.97 Å². The van der Waals surface area contributed by atoms with Crippen molar-refractivity contribution in [3.63, 3.8) is 0 Å². The maximum Gasteiger partial charge on any atom is 0.338 e. The summed E-state index contributed by atoms with van der Waals surface area (Å²) in [5, 5.41) is 0. The quantitative estimate of drug-likeness (QED) is 0.463. The van der Waals surface area contributed by atoms with E-state index >= 15 is 0 Å². The van der Waals surface area contributed by atoms with Crippen molar-refractivity contribution in [3.05, 3.63) is 78.7 Å². The number of hydrogen-bond acceptors (Lipinski definition) is 8. The van der Waals surface area contributed by atoms with Crippen LogP contribution in [0, 0.1) is 0 Å². The zero-order chi connectivity index (χ0) is 26.1. The molecule has 1 fully saturated rings. The Morgan fingerprint density at radius 2 is 1.89 bits per heavy atom. The number of benzene rings is 1. The SMILES string of the molecule is CCOC(=O)C1=C(C)N=c2s/c(=C\c3ccc(N4CCCCC4)o3)c(=O)n2[C@H]1c1ccc(N(C)C)cc1. The number of hydrogen-bond donors (Lipinski definition) is 0. The van der Waals surface area contributed by atoms with Crippen LogP contribution in [0.1, 0.15) is 50.5 Å². The second-order valence-electron chi connectivity index (χ2n) is 9.51. The molecule has 8 nitrogen and oxygen atoms in total. The normalized spacial score (nSPS) is 18.0. The van der Waals surface area contributed by atoms with Crippen LogP contribution in [0.15, 0.2) is 61.9 Å². The van der Waals surface area contributed by atoms with Gasteiger partial charge in [-0.15, -0.1) is 0 Å². The maximum atomic E-state index is 13.8. The second kappa shape index (κ2) is 10.4. The van der Waals surface area contributed by atoms with E-state index in [4.69, 9.17) is 9.15 Å². The zero-order valence-electron chi connectivity index (χ0n) is 21.7. The molecule has 0 amide bonds. The molecule has 9 heteroatoms. The Morgan fingerprint density at radius 1 is 1.16 bits per heavy atom. The lowest BCUT2D eigenvalue weighted by Crippen LogP contribution is -2.39. The number of ether oxygens (including phenoxy) is 1. The molecule has 2 aliphatic rings. The molecule has 0 unspecified atom stereocenters. The van der Waals surface area contributed by atoms with Gasteiger partial charge in [0.15, 0.2) is 10.7 Å². The predicted octanol–water partition coefficient (Wildman–Crippen LogP) is 3.45. The fourth-order valence-electron chi connectivity index (χ4n) is 4.89. The summed E-state index contributed by atoms with van der Waals surface area (Å²) in [6.07, 6.45) is 5.34. The molecule has 0 spiro atoms. The van der Waals surface area contributed by atoms with E-state index in [1.54, 1.807) is 24.5 Å². The number of fused-ring (bicyclic) bond motifs is 1. The van der Waals surface area contributed by atoms with Crippen LogP contribution in [-0.2, 0) is 9.53 Å². The minimum atomic E-state index is -0.630. The molecular formula is C28H32N4O4S.